The molecule has 1 heterocycles. The van der Waals surface area contributed by atoms with E-state index in [-0.39, 0.29) is 12.2 Å². The lowest BCUT2D eigenvalue weighted by Crippen LogP contribution is -2.33. The van der Waals surface area contributed by atoms with Gasteiger partial charge in [0, 0.05) is 45.0 Å². The molecule has 0 spiro atoms. The summed E-state index contributed by atoms with van der Waals surface area (Å²) in [5.41, 5.74) is 0.407. The average molecular weight is 434 g/mol. The molecular weight excluding hydrogens is 405 g/mol. The quantitative estimate of drug-likeness (QED) is 0.310. The standard InChI is InChI=1S/C23H29ClFN3O2/c1-26-14-20(24)15-27-16-28-8-4-17(5-9-28)22-12-19(22)7-11-30-21-3-2-18(6-10-29)23(25)13-21/h2-3,10,13-17,19,22H,4-9,11-12H2,1H3/b20-15+,26-14?,27-16?. The largest absolute Gasteiger partial charge is 0.493 e. The lowest BCUT2D eigenvalue weighted by molar-refractivity contribution is -0.107. The van der Waals surface area contributed by atoms with Gasteiger partial charge in [0.05, 0.1) is 18.0 Å². The van der Waals surface area contributed by atoms with Crippen molar-refractivity contribution in [3.05, 3.63) is 40.8 Å². The molecule has 1 saturated heterocycles. The first kappa shape index (κ1) is 22.5. The van der Waals surface area contributed by atoms with Crippen molar-refractivity contribution in [3.63, 3.8) is 0 Å². The number of hydrogen-bond acceptors (Lipinski definition) is 4. The van der Waals surface area contributed by atoms with Gasteiger partial charge in [0.2, 0.25) is 0 Å². The fraction of sp³-hybridized carbons (Fsp3) is 0.522. The summed E-state index contributed by atoms with van der Waals surface area (Å²) in [6.45, 7) is 2.65. The van der Waals surface area contributed by atoms with E-state index in [2.05, 4.69) is 14.9 Å². The average Bonchev–Trinajstić information content (AvgIpc) is 3.50. The van der Waals surface area contributed by atoms with Crippen molar-refractivity contribution in [2.45, 2.75) is 32.1 Å². The molecule has 5 nitrogen and oxygen atoms in total. The Balaban J connectivity index is 1.34. The lowest BCUT2D eigenvalue weighted by atomic mass is 9.91. The SMILES string of the molecule is CN=C/C(Cl)=C\N=CN1CCC(C2CC2CCOc2ccc(CC=O)c(F)c2)CC1. The molecule has 1 aliphatic heterocycles. The second kappa shape index (κ2) is 11.3. The Hall–Kier alpha value is -2.21. The van der Waals surface area contributed by atoms with Gasteiger partial charge in [-0.2, -0.15) is 0 Å². The van der Waals surface area contributed by atoms with E-state index in [1.165, 1.54) is 25.3 Å². The highest BCUT2D eigenvalue weighted by Gasteiger charge is 2.42. The number of piperidine rings is 1. The molecule has 1 aromatic rings. The Morgan fingerprint density at radius 2 is 2.17 bits per heavy atom. The Labute approximate surface area is 182 Å². The second-order valence-corrected chi connectivity index (χ2v) is 8.40. The normalized spacial score (nSPS) is 22.8. The number of halogens is 2. The predicted molar refractivity (Wildman–Crippen MR) is 119 cm³/mol. The highest BCUT2D eigenvalue weighted by molar-refractivity contribution is 6.39. The molecule has 2 aliphatic rings. The maximum absolute atomic E-state index is 13.9. The molecule has 0 amide bonds. The van der Waals surface area contributed by atoms with Crippen molar-refractivity contribution < 1.29 is 13.9 Å². The maximum atomic E-state index is 13.9. The van der Waals surface area contributed by atoms with Crippen LogP contribution < -0.4 is 4.74 Å². The lowest BCUT2D eigenvalue weighted by Gasteiger charge is -2.30. The molecule has 2 atom stereocenters. The minimum atomic E-state index is -0.379. The molecular formula is C23H29ClFN3O2. The summed E-state index contributed by atoms with van der Waals surface area (Å²) in [7, 11) is 1.68. The minimum Gasteiger partial charge on any atom is -0.493 e. The van der Waals surface area contributed by atoms with E-state index in [1.807, 2.05) is 6.34 Å². The Morgan fingerprint density at radius 3 is 2.87 bits per heavy atom. The van der Waals surface area contributed by atoms with E-state index >= 15 is 0 Å². The molecule has 2 fully saturated rings. The first-order valence-electron chi connectivity index (χ1n) is 10.5. The van der Waals surface area contributed by atoms with Crippen molar-refractivity contribution in [1.29, 1.82) is 0 Å². The van der Waals surface area contributed by atoms with Gasteiger partial charge in [-0.3, -0.25) is 4.99 Å². The van der Waals surface area contributed by atoms with Crippen molar-refractivity contribution in [2.75, 3.05) is 26.7 Å². The van der Waals surface area contributed by atoms with Crippen LogP contribution in [0.4, 0.5) is 4.39 Å². The number of hydrogen-bond donors (Lipinski definition) is 0. The zero-order valence-electron chi connectivity index (χ0n) is 17.3. The topological polar surface area (TPSA) is 54.3 Å². The van der Waals surface area contributed by atoms with Gasteiger partial charge in [-0.25, -0.2) is 9.38 Å². The molecule has 0 radical (unpaired) electrons. The van der Waals surface area contributed by atoms with E-state index in [0.717, 1.165) is 31.3 Å². The van der Waals surface area contributed by atoms with Crippen LogP contribution in [0.15, 0.2) is 39.4 Å². The first-order chi connectivity index (χ1) is 14.6. The molecule has 162 valence electrons. The van der Waals surface area contributed by atoms with Gasteiger partial charge >= 0.3 is 0 Å². The monoisotopic (exact) mass is 433 g/mol. The number of carbonyl (C=O) groups excluding carboxylic acids is 1. The van der Waals surface area contributed by atoms with Gasteiger partial charge in [0.15, 0.2) is 0 Å². The summed E-state index contributed by atoms with van der Waals surface area (Å²) < 4.78 is 19.6. The van der Waals surface area contributed by atoms with Crippen LogP contribution >= 0.6 is 11.6 Å². The summed E-state index contributed by atoms with van der Waals surface area (Å²) in [6.07, 6.45) is 10.5. The molecule has 2 unspecified atom stereocenters. The zero-order chi connectivity index (χ0) is 21.3. The molecule has 7 heteroatoms. The fourth-order valence-corrected chi connectivity index (χ4v) is 4.35. The van der Waals surface area contributed by atoms with Gasteiger partial charge in [0.25, 0.3) is 0 Å². The van der Waals surface area contributed by atoms with Gasteiger partial charge in [-0.15, -0.1) is 0 Å². The summed E-state index contributed by atoms with van der Waals surface area (Å²) in [6, 6.07) is 4.73. The van der Waals surface area contributed by atoms with Crippen molar-refractivity contribution in [3.8, 4) is 5.75 Å². The second-order valence-electron chi connectivity index (χ2n) is 7.96. The molecule has 1 aliphatic carbocycles. The number of carbonyl (C=O) groups is 1. The summed E-state index contributed by atoms with van der Waals surface area (Å²) in [5, 5.41) is 0.520. The molecule has 3 rings (SSSR count). The van der Waals surface area contributed by atoms with Crippen LogP contribution in [0.2, 0.25) is 0 Å². The van der Waals surface area contributed by atoms with E-state index in [9.17, 15) is 9.18 Å². The Kier molecular flexibility index (Phi) is 8.43. The third kappa shape index (κ3) is 6.66. The van der Waals surface area contributed by atoms with Crippen LogP contribution in [-0.2, 0) is 11.2 Å². The van der Waals surface area contributed by atoms with Gasteiger partial charge < -0.3 is 14.4 Å². The summed E-state index contributed by atoms with van der Waals surface area (Å²) in [5.74, 6) is 2.42. The molecule has 0 aromatic heterocycles. The number of ether oxygens (including phenoxy) is 1. The van der Waals surface area contributed by atoms with Crippen molar-refractivity contribution in [1.82, 2.24) is 4.90 Å². The third-order valence-electron chi connectivity index (χ3n) is 5.92. The van der Waals surface area contributed by atoms with Crippen molar-refractivity contribution in [2.24, 2.45) is 27.7 Å². The Morgan fingerprint density at radius 1 is 1.37 bits per heavy atom. The number of aliphatic imine (C=N–C) groups is 2. The highest BCUT2D eigenvalue weighted by atomic mass is 35.5. The zero-order valence-corrected chi connectivity index (χ0v) is 18.1. The predicted octanol–water partition coefficient (Wildman–Crippen LogP) is 4.49. The van der Waals surface area contributed by atoms with E-state index < -0.39 is 0 Å². The molecule has 0 bridgehead atoms. The Bertz CT molecular complexity index is 804. The number of allylic oxidation sites excluding steroid dienone is 1. The van der Waals surface area contributed by atoms with Crippen LogP contribution in [0, 0.1) is 23.6 Å². The van der Waals surface area contributed by atoms with E-state index in [0.29, 0.717) is 35.2 Å². The fourth-order valence-electron chi connectivity index (χ4n) is 4.20. The summed E-state index contributed by atoms with van der Waals surface area (Å²) in [4.78, 5) is 20.9. The maximum Gasteiger partial charge on any atom is 0.130 e. The smallest absolute Gasteiger partial charge is 0.130 e. The van der Waals surface area contributed by atoms with Gasteiger partial charge in [-0.1, -0.05) is 17.7 Å². The van der Waals surface area contributed by atoms with Crippen LogP contribution in [0.1, 0.15) is 31.2 Å². The van der Waals surface area contributed by atoms with Gasteiger partial charge in [-0.05, 0) is 55.1 Å². The third-order valence-corrected chi connectivity index (χ3v) is 6.12. The van der Waals surface area contributed by atoms with Crippen LogP contribution in [-0.4, -0.2) is 50.5 Å². The molecule has 30 heavy (non-hydrogen) atoms. The first-order valence-corrected chi connectivity index (χ1v) is 10.9. The van der Waals surface area contributed by atoms with E-state index in [4.69, 9.17) is 16.3 Å². The number of nitrogens with zero attached hydrogens (tertiary/aromatic N) is 3. The highest BCUT2D eigenvalue weighted by Crippen LogP contribution is 2.49. The number of benzene rings is 1. The number of rotatable bonds is 10. The number of aldehydes is 1. The minimum absolute atomic E-state index is 0.0959. The van der Waals surface area contributed by atoms with Crippen LogP contribution in [0.5, 0.6) is 5.75 Å². The van der Waals surface area contributed by atoms with E-state index in [1.54, 1.807) is 31.6 Å². The molecule has 0 N–H and O–H groups in total. The number of likely N-dealkylation sites (tertiary alicyclic amines) is 1. The summed E-state index contributed by atoms with van der Waals surface area (Å²) >= 11 is 5.93. The van der Waals surface area contributed by atoms with Gasteiger partial charge in [0.1, 0.15) is 17.9 Å². The molecule has 1 saturated carbocycles. The molecule has 1 aromatic carbocycles. The van der Waals surface area contributed by atoms with Crippen LogP contribution in [0.3, 0.4) is 0 Å². The van der Waals surface area contributed by atoms with Crippen LogP contribution in [0.25, 0.3) is 0 Å². The van der Waals surface area contributed by atoms with Crippen molar-refractivity contribution >= 4 is 30.4 Å².